The topological polar surface area (TPSA) is 100 Å². The van der Waals surface area contributed by atoms with Crippen molar-refractivity contribution in [3.63, 3.8) is 0 Å². The summed E-state index contributed by atoms with van der Waals surface area (Å²) in [5.74, 6) is 0.427. The number of ether oxygens (including phenoxy) is 1. The number of unbranched alkanes of at least 4 members (excludes halogenated alkanes) is 2. The number of carbonyl (C=O) groups excluding carboxylic acids is 1. The lowest BCUT2D eigenvalue weighted by Crippen LogP contribution is -2.47. The number of sulfonamides is 1. The first-order chi connectivity index (χ1) is 13.1. The maximum atomic E-state index is 12.6. The van der Waals surface area contributed by atoms with E-state index in [0.717, 1.165) is 19.3 Å². The normalized spacial score (nSPS) is 16.8. The fraction of sp³-hybridized carbons (Fsp3) is 0.875. The third-order valence-corrected chi connectivity index (χ3v) is 6.20. The number of aliphatic imine (C=N–C) groups is 1. The molecule has 0 radical (unpaired) electrons. The van der Waals surface area contributed by atoms with Crippen LogP contribution in [0.2, 0.25) is 0 Å². The third kappa shape index (κ3) is 9.68. The lowest BCUT2D eigenvalue weighted by Gasteiger charge is -2.31. The molecule has 172 valence electrons. The second-order valence-electron chi connectivity index (χ2n) is 6.56. The molecule has 0 amide bonds. The molecule has 29 heavy (non-hydrogen) atoms. The smallest absolute Gasteiger partial charge is 0.469 e. The van der Waals surface area contributed by atoms with Gasteiger partial charge in [0.25, 0.3) is 0 Å². The van der Waals surface area contributed by atoms with Crippen LogP contribution in [0.4, 0.5) is 13.2 Å². The second kappa shape index (κ2) is 13.5. The van der Waals surface area contributed by atoms with E-state index in [4.69, 9.17) is 0 Å². The maximum Gasteiger partial charge on any atom is 0.511 e. The van der Waals surface area contributed by atoms with Crippen molar-refractivity contribution in [2.75, 3.05) is 40.3 Å². The highest BCUT2D eigenvalue weighted by Crippen LogP contribution is 2.30. The van der Waals surface area contributed by atoms with Gasteiger partial charge in [0.15, 0.2) is 5.96 Å². The van der Waals surface area contributed by atoms with Crippen LogP contribution in [-0.4, -0.2) is 70.5 Å². The molecule has 1 aliphatic rings. The van der Waals surface area contributed by atoms with E-state index in [0.29, 0.717) is 42.6 Å². The number of piperidine rings is 1. The molecule has 0 bridgehead atoms. The zero-order valence-corrected chi connectivity index (χ0v) is 19.8. The van der Waals surface area contributed by atoms with Gasteiger partial charge in [-0.1, -0.05) is 6.42 Å². The molecular weight excluding hydrogens is 528 g/mol. The van der Waals surface area contributed by atoms with E-state index in [-0.39, 0.29) is 49.0 Å². The Morgan fingerprint density at radius 2 is 1.79 bits per heavy atom. The van der Waals surface area contributed by atoms with Crippen LogP contribution in [0.3, 0.4) is 0 Å². The van der Waals surface area contributed by atoms with Gasteiger partial charge in [-0.05, 0) is 31.6 Å². The van der Waals surface area contributed by atoms with Gasteiger partial charge in [0.2, 0.25) is 0 Å². The molecule has 0 unspecified atom stereocenters. The predicted molar refractivity (Wildman–Crippen MR) is 115 cm³/mol. The average molecular weight is 558 g/mol. The van der Waals surface area contributed by atoms with Crippen molar-refractivity contribution in [3.8, 4) is 0 Å². The fourth-order valence-electron chi connectivity index (χ4n) is 2.84. The number of rotatable bonds is 9. The van der Waals surface area contributed by atoms with Gasteiger partial charge < -0.3 is 15.4 Å². The third-order valence-electron chi connectivity index (χ3n) is 4.57. The molecule has 2 N–H and O–H groups in total. The van der Waals surface area contributed by atoms with Crippen LogP contribution >= 0.6 is 24.0 Å². The van der Waals surface area contributed by atoms with Crippen molar-refractivity contribution >= 4 is 45.9 Å². The summed E-state index contributed by atoms with van der Waals surface area (Å²) in [6, 6.07) is 0. The van der Waals surface area contributed by atoms with Crippen molar-refractivity contribution < 1.29 is 31.1 Å². The number of guanidine groups is 1. The highest BCUT2D eigenvalue weighted by molar-refractivity contribution is 14.0. The van der Waals surface area contributed by atoms with Crippen molar-refractivity contribution in [2.45, 2.75) is 44.0 Å². The molecule has 0 spiro atoms. The van der Waals surface area contributed by atoms with Gasteiger partial charge in [-0.3, -0.25) is 9.79 Å². The SMILES string of the molecule is CN=C(NCCCCCC(=O)OC)NCC1CCN(S(=O)(=O)C(F)(F)F)CC1.I. The monoisotopic (exact) mass is 558 g/mol. The van der Waals surface area contributed by atoms with Crippen LogP contribution in [-0.2, 0) is 19.6 Å². The number of alkyl halides is 3. The molecule has 0 aromatic carbocycles. The molecule has 13 heteroatoms. The number of hydrogen-bond acceptors (Lipinski definition) is 5. The van der Waals surface area contributed by atoms with Gasteiger partial charge >= 0.3 is 21.5 Å². The minimum absolute atomic E-state index is 0. The van der Waals surface area contributed by atoms with E-state index < -0.39 is 15.5 Å². The fourth-order valence-corrected chi connectivity index (χ4v) is 3.83. The summed E-state index contributed by atoms with van der Waals surface area (Å²) in [5.41, 5.74) is -5.25. The Morgan fingerprint density at radius 3 is 2.31 bits per heavy atom. The van der Waals surface area contributed by atoms with E-state index in [1.165, 1.54) is 7.11 Å². The molecule has 1 fully saturated rings. The van der Waals surface area contributed by atoms with Crippen molar-refractivity contribution in [3.05, 3.63) is 0 Å². The lowest BCUT2D eigenvalue weighted by molar-refractivity contribution is -0.140. The van der Waals surface area contributed by atoms with E-state index in [1.807, 2.05) is 0 Å². The van der Waals surface area contributed by atoms with E-state index >= 15 is 0 Å². The standard InChI is InChI=1S/C16H29F3N4O4S.HI/c1-20-15(21-9-5-3-4-6-14(24)27-2)22-12-13-7-10-23(11-8-13)28(25,26)16(17,18)19;/h13H,3-12H2,1-2H3,(H2,20,21,22);1H. The summed E-state index contributed by atoms with van der Waals surface area (Å²) in [6.07, 6.45) is 3.57. The molecular formula is C16H30F3IN4O4S. The summed E-state index contributed by atoms with van der Waals surface area (Å²) in [7, 11) is -2.26. The number of halogens is 4. The summed E-state index contributed by atoms with van der Waals surface area (Å²) >= 11 is 0. The number of carbonyl (C=O) groups is 1. The first-order valence-corrected chi connectivity index (χ1v) is 10.6. The molecule has 1 heterocycles. The van der Waals surface area contributed by atoms with Gasteiger partial charge in [0.05, 0.1) is 7.11 Å². The van der Waals surface area contributed by atoms with E-state index in [1.54, 1.807) is 7.05 Å². The molecule has 0 aromatic heterocycles. The Morgan fingerprint density at radius 1 is 1.17 bits per heavy atom. The molecule has 1 rings (SSSR count). The number of nitrogens with zero attached hydrogens (tertiary/aromatic N) is 2. The highest BCUT2D eigenvalue weighted by atomic mass is 127. The average Bonchev–Trinajstić information content (AvgIpc) is 2.66. The number of hydrogen-bond donors (Lipinski definition) is 2. The Bertz CT molecular complexity index is 624. The maximum absolute atomic E-state index is 12.6. The van der Waals surface area contributed by atoms with Crippen molar-refractivity contribution in [2.24, 2.45) is 10.9 Å². The zero-order valence-electron chi connectivity index (χ0n) is 16.6. The predicted octanol–water partition coefficient (Wildman–Crippen LogP) is 2.06. The molecule has 1 aliphatic heterocycles. The molecule has 0 aliphatic carbocycles. The Hall–Kier alpha value is -0.830. The number of nitrogens with one attached hydrogen (secondary N) is 2. The highest BCUT2D eigenvalue weighted by Gasteiger charge is 2.50. The van der Waals surface area contributed by atoms with Gasteiger partial charge in [0.1, 0.15) is 0 Å². The van der Waals surface area contributed by atoms with Crippen LogP contribution < -0.4 is 10.6 Å². The minimum atomic E-state index is -5.25. The van der Waals surface area contributed by atoms with Crippen LogP contribution in [0.1, 0.15) is 38.5 Å². The van der Waals surface area contributed by atoms with Crippen molar-refractivity contribution in [1.82, 2.24) is 14.9 Å². The Balaban J connectivity index is 0.00000784. The molecule has 0 aromatic rings. The molecule has 0 saturated carbocycles. The quantitative estimate of drug-likeness (QED) is 0.148. The van der Waals surface area contributed by atoms with E-state index in [9.17, 15) is 26.4 Å². The van der Waals surface area contributed by atoms with Crippen LogP contribution in [0.15, 0.2) is 4.99 Å². The number of methoxy groups -OCH3 is 1. The van der Waals surface area contributed by atoms with Gasteiger partial charge in [-0.15, -0.1) is 24.0 Å². The molecule has 1 saturated heterocycles. The lowest BCUT2D eigenvalue weighted by atomic mass is 9.98. The summed E-state index contributed by atoms with van der Waals surface area (Å²) in [6.45, 7) is 0.895. The minimum Gasteiger partial charge on any atom is -0.469 e. The van der Waals surface area contributed by atoms with Crippen LogP contribution in [0, 0.1) is 5.92 Å². The van der Waals surface area contributed by atoms with E-state index in [2.05, 4.69) is 20.4 Å². The Kier molecular flexibility index (Phi) is 13.1. The summed E-state index contributed by atoms with van der Waals surface area (Å²) < 4.78 is 65.6. The van der Waals surface area contributed by atoms with Gasteiger partial charge in [-0.25, -0.2) is 8.42 Å². The second-order valence-corrected chi connectivity index (χ2v) is 8.49. The zero-order chi connectivity index (χ0) is 21.2. The Labute approximate surface area is 187 Å². The molecule has 8 nitrogen and oxygen atoms in total. The summed E-state index contributed by atoms with van der Waals surface area (Å²) in [5, 5.41) is 6.25. The van der Waals surface area contributed by atoms with Crippen LogP contribution in [0.5, 0.6) is 0 Å². The first kappa shape index (κ1) is 28.2. The molecule has 0 atom stereocenters. The van der Waals surface area contributed by atoms with Gasteiger partial charge in [0, 0.05) is 39.6 Å². The van der Waals surface area contributed by atoms with Crippen molar-refractivity contribution in [1.29, 1.82) is 0 Å². The summed E-state index contributed by atoms with van der Waals surface area (Å²) in [4.78, 5) is 15.1. The first-order valence-electron chi connectivity index (χ1n) is 9.19. The van der Waals surface area contributed by atoms with Crippen LogP contribution in [0.25, 0.3) is 0 Å². The van der Waals surface area contributed by atoms with Gasteiger partial charge in [-0.2, -0.15) is 17.5 Å². The number of esters is 1. The largest absolute Gasteiger partial charge is 0.511 e.